The zero-order chi connectivity index (χ0) is 18.8. The van der Waals surface area contributed by atoms with Crippen molar-refractivity contribution in [1.82, 2.24) is 9.78 Å². The van der Waals surface area contributed by atoms with E-state index in [0.717, 1.165) is 17.1 Å². The molecule has 0 atom stereocenters. The molecule has 2 aromatic carbocycles. The van der Waals surface area contributed by atoms with Gasteiger partial charge in [-0.25, -0.2) is 14.3 Å². The molecule has 0 radical (unpaired) electrons. The molecule has 2 heterocycles. The van der Waals surface area contributed by atoms with E-state index in [2.05, 4.69) is 5.10 Å². The Balaban J connectivity index is 1.93. The molecule has 0 saturated heterocycles. The van der Waals surface area contributed by atoms with Crippen LogP contribution < -0.4 is 5.63 Å². The summed E-state index contributed by atoms with van der Waals surface area (Å²) in [5.41, 5.74) is 1.88. The van der Waals surface area contributed by atoms with E-state index in [9.17, 15) is 9.59 Å². The molecule has 0 amide bonds. The first kappa shape index (κ1) is 16.5. The van der Waals surface area contributed by atoms with Crippen LogP contribution in [0.2, 0.25) is 0 Å². The van der Waals surface area contributed by atoms with Crippen LogP contribution in [0, 0.1) is 0 Å². The van der Waals surface area contributed by atoms with Gasteiger partial charge in [0.1, 0.15) is 11.3 Å². The highest BCUT2D eigenvalue weighted by Gasteiger charge is 2.16. The molecule has 0 aliphatic rings. The lowest BCUT2D eigenvalue weighted by molar-refractivity contribution is -0.131. The van der Waals surface area contributed by atoms with Gasteiger partial charge in [0.15, 0.2) is 0 Å². The summed E-state index contributed by atoms with van der Waals surface area (Å²) in [5, 5.41) is 14.2. The lowest BCUT2D eigenvalue weighted by Gasteiger charge is -2.01. The van der Waals surface area contributed by atoms with Gasteiger partial charge in [-0.2, -0.15) is 5.10 Å². The van der Waals surface area contributed by atoms with Crippen LogP contribution >= 0.6 is 0 Å². The first-order chi connectivity index (χ1) is 13.1. The molecular weight excluding hydrogens is 344 g/mol. The fourth-order valence-electron chi connectivity index (χ4n) is 2.82. The minimum Gasteiger partial charge on any atom is -0.478 e. The average Bonchev–Trinajstić information content (AvgIpc) is 3.10. The predicted octanol–water partition coefficient (Wildman–Crippen LogP) is 3.74. The second-order valence-electron chi connectivity index (χ2n) is 5.87. The lowest BCUT2D eigenvalue weighted by atomic mass is 10.1. The number of carboxylic acid groups (broad SMARTS) is 1. The Morgan fingerprint density at radius 2 is 1.81 bits per heavy atom. The van der Waals surface area contributed by atoms with Crippen molar-refractivity contribution in [3.05, 3.63) is 88.9 Å². The Morgan fingerprint density at radius 3 is 2.59 bits per heavy atom. The number of aliphatic carboxylic acids is 1. The van der Waals surface area contributed by atoms with Gasteiger partial charge in [0.25, 0.3) is 0 Å². The van der Waals surface area contributed by atoms with Gasteiger partial charge in [0.05, 0.1) is 11.3 Å². The highest BCUT2D eigenvalue weighted by molar-refractivity contribution is 5.88. The van der Waals surface area contributed by atoms with Gasteiger partial charge in [0.2, 0.25) is 0 Å². The molecule has 0 spiro atoms. The van der Waals surface area contributed by atoms with Crippen molar-refractivity contribution in [3.63, 3.8) is 0 Å². The maximum absolute atomic E-state index is 12.5. The zero-order valence-corrected chi connectivity index (χ0v) is 14.1. The third-order valence-corrected chi connectivity index (χ3v) is 4.07. The number of hydrogen-bond donors (Lipinski definition) is 1. The van der Waals surface area contributed by atoms with E-state index >= 15 is 0 Å². The summed E-state index contributed by atoms with van der Waals surface area (Å²) in [5.74, 6) is -1.08. The Bertz CT molecular complexity index is 1220. The van der Waals surface area contributed by atoms with Crippen molar-refractivity contribution < 1.29 is 14.3 Å². The second-order valence-corrected chi connectivity index (χ2v) is 5.87. The number of carbonyl (C=O) groups is 1. The Labute approximate surface area is 153 Å². The third-order valence-electron chi connectivity index (χ3n) is 4.07. The average molecular weight is 358 g/mol. The van der Waals surface area contributed by atoms with E-state index in [-0.39, 0.29) is 5.56 Å². The molecule has 0 aliphatic heterocycles. The summed E-state index contributed by atoms with van der Waals surface area (Å²) in [6.45, 7) is 0. The second kappa shape index (κ2) is 6.76. The molecule has 0 bridgehead atoms. The van der Waals surface area contributed by atoms with Crippen LogP contribution in [0.15, 0.2) is 82.1 Å². The van der Waals surface area contributed by atoms with Crippen LogP contribution in [0.5, 0.6) is 0 Å². The van der Waals surface area contributed by atoms with Crippen LogP contribution in [-0.2, 0) is 4.79 Å². The summed E-state index contributed by atoms with van der Waals surface area (Å²) >= 11 is 0. The van der Waals surface area contributed by atoms with E-state index in [1.807, 2.05) is 42.5 Å². The number of carboxylic acids is 1. The maximum atomic E-state index is 12.5. The fourth-order valence-corrected chi connectivity index (χ4v) is 2.82. The molecule has 0 fully saturated rings. The number of fused-ring (bicyclic) bond motifs is 1. The Hall–Kier alpha value is -3.93. The number of para-hydroxylation sites is 2. The van der Waals surface area contributed by atoms with Crippen LogP contribution in [-0.4, -0.2) is 20.9 Å². The number of rotatable bonds is 4. The molecule has 6 heteroatoms. The van der Waals surface area contributed by atoms with E-state index < -0.39 is 11.6 Å². The highest BCUT2D eigenvalue weighted by Crippen LogP contribution is 2.25. The molecule has 2 aromatic heterocycles. The van der Waals surface area contributed by atoms with Crippen LogP contribution in [0.4, 0.5) is 0 Å². The first-order valence-corrected chi connectivity index (χ1v) is 8.21. The summed E-state index contributed by atoms with van der Waals surface area (Å²) in [4.78, 5) is 23.5. The van der Waals surface area contributed by atoms with Gasteiger partial charge >= 0.3 is 11.6 Å². The van der Waals surface area contributed by atoms with Crippen LogP contribution in [0.1, 0.15) is 5.56 Å². The largest absolute Gasteiger partial charge is 0.478 e. The summed E-state index contributed by atoms with van der Waals surface area (Å²) in [6.07, 6.45) is 4.11. The fraction of sp³-hybridized carbons (Fsp3) is 0. The lowest BCUT2D eigenvalue weighted by Crippen LogP contribution is -2.04. The summed E-state index contributed by atoms with van der Waals surface area (Å²) < 4.78 is 7.00. The molecule has 6 nitrogen and oxygen atoms in total. The zero-order valence-electron chi connectivity index (χ0n) is 14.1. The number of benzene rings is 2. The quantitative estimate of drug-likeness (QED) is 0.444. The topological polar surface area (TPSA) is 85.3 Å². The molecule has 132 valence electrons. The third kappa shape index (κ3) is 3.28. The minimum atomic E-state index is -1.08. The van der Waals surface area contributed by atoms with Crippen molar-refractivity contribution in [2.24, 2.45) is 0 Å². The summed E-state index contributed by atoms with van der Waals surface area (Å²) in [6, 6.07) is 18.2. The normalized spacial score (nSPS) is 11.3. The van der Waals surface area contributed by atoms with Crippen molar-refractivity contribution >= 4 is 23.0 Å². The molecule has 4 rings (SSSR count). The number of aromatic nitrogens is 2. The number of hydrogen-bond acceptors (Lipinski definition) is 4. The van der Waals surface area contributed by atoms with Gasteiger partial charge < -0.3 is 9.52 Å². The highest BCUT2D eigenvalue weighted by atomic mass is 16.4. The van der Waals surface area contributed by atoms with Crippen molar-refractivity contribution in [1.29, 1.82) is 0 Å². The molecular formula is C21H14N2O4. The maximum Gasteiger partial charge on any atom is 0.345 e. The van der Waals surface area contributed by atoms with Crippen LogP contribution in [0.3, 0.4) is 0 Å². The Kier molecular flexibility index (Phi) is 4.14. The number of nitrogens with zero attached hydrogens (tertiary/aromatic N) is 2. The van der Waals surface area contributed by atoms with Gasteiger partial charge in [0, 0.05) is 23.2 Å². The van der Waals surface area contributed by atoms with Gasteiger partial charge in [-0.05, 0) is 30.3 Å². The molecule has 27 heavy (non-hydrogen) atoms. The predicted molar refractivity (Wildman–Crippen MR) is 102 cm³/mol. The van der Waals surface area contributed by atoms with Gasteiger partial charge in [-0.1, -0.05) is 36.4 Å². The molecule has 0 unspecified atom stereocenters. The van der Waals surface area contributed by atoms with E-state index in [1.165, 1.54) is 6.08 Å². The van der Waals surface area contributed by atoms with Crippen LogP contribution in [0.25, 0.3) is 34.0 Å². The molecule has 0 aliphatic carbocycles. The minimum absolute atomic E-state index is 0.272. The Morgan fingerprint density at radius 1 is 1.07 bits per heavy atom. The van der Waals surface area contributed by atoms with Crippen molar-refractivity contribution in [2.75, 3.05) is 0 Å². The molecule has 0 saturated carbocycles. The van der Waals surface area contributed by atoms with Crippen molar-refractivity contribution in [2.45, 2.75) is 0 Å². The van der Waals surface area contributed by atoms with E-state index in [4.69, 9.17) is 9.52 Å². The summed E-state index contributed by atoms with van der Waals surface area (Å²) in [7, 11) is 0. The van der Waals surface area contributed by atoms with Gasteiger partial charge in [-0.15, -0.1) is 0 Å². The van der Waals surface area contributed by atoms with Gasteiger partial charge in [-0.3, -0.25) is 0 Å². The SMILES string of the molecule is O=C(O)/C=C\c1cn(-c2ccccc2)nc1-c1cc2ccccc2oc1=O. The monoisotopic (exact) mass is 358 g/mol. The smallest absolute Gasteiger partial charge is 0.345 e. The van der Waals surface area contributed by atoms with Crippen molar-refractivity contribution in [3.8, 4) is 16.9 Å². The van der Waals surface area contributed by atoms with E-state index in [0.29, 0.717) is 16.8 Å². The molecule has 4 aromatic rings. The first-order valence-electron chi connectivity index (χ1n) is 8.21. The van der Waals surface area contributed by atoms with E-state index in [1.54, 1.807) is 29.1 Å². The molecule has 1 N–H and O–H groups in total. The standard InChI is InChI=1S/C21H14N2O4/c24-19(25)11-10-15-13-23(16-7-2-1-3-8-16)22-20(15)17-12-14-6-4-5-9-18(14)27-21(17)26/h1-13H,(H,24,25)/b11-10-.